The minimum atomic E-state index is 0.804. The van der Waals surface area contributed by atoms with Gasteiger partial charge in [-0.05, 0) is 40.0 Å². The molecule has 0 radical (unpaired) electrons. The maximum Gasteiger partial charge on any atom is 0.140 e. The molecule has 0 aliphatic carbocycles. The van der Waals surface area contributed by atoms with E-state index >= 15 is 0 Å². The Labute approximate surface area is 91.5 Å². The summed E-state index contributed by atoms with van der Waals surface area (Å²) in [6.45, 7) is 3.00. The molecule has 0 aliphatic heterocycles. The van der Waals surface area contributed by atoms with Gasteiger partial charge in [0.1, 0.15) is 12.2 Å². The smallest absolute Gasteiger partial charge is 0.140 e. The Morgan fingerprint density at radius 1 is 1.40 bits per heavy atom. The lowest BCUT2D eigenvalue weighted by Gasteiger charge is -2.09. The van der Waals surface area contributed by atoms with E-state index in [1.54, 1.807) is 11.0 Å². The molecule has 1 aromatic rings. The van der Waals surface area contributed by atoms with Crippen molar-refractivity contribution in [2.24, 2.45) is 7.05 Å². The van der Waals surface area contributed by atoms with Crippen molar-refractivity contribution in [1.29, 1.82) is 0 Å². The van der Waals surface area contributed by atoms with E-state index in [1.807, 2.05) is 7.05 Å². The highest BCUT2D eigenvalue weighted by Crippen LogP contribution is 1.92. The van der Waals surface area contributed by atoms with Crippen LogP contribution in [0.2, 0.25) is 0 Å². The van der Waals surface area contributed by atoms with E-state index in [-0.39, 0.29) is 0 Å². The Kier molecular flexibility index (Phi) is 5.28. The van der Waals surface area contributed by atoms with Crippen molar-refractivity contribution in [3.05, 3.63) is 12.2 Å². The Hall–Kier alpha value is -0.940. The van der Waals surface area contributed by atoms with Gasteiger partial charge >= 0.3 is 0 Å². The van der Waals surface area contributed by atoms with Crippen molar-refractivity contribution in [2.75, 3.05) is 27.2 Å². The molecule has 0 amide bonds. The molecule has 0 unspecified atom stereocenters. The highest BCUT2D eigenvalue weighted by Gasteiger charge is 1.98. The van der Waals surface area contributed by atoms with Crippen molar-refractivity contribution in [3.8, 4) is 0 Å². The molecule has 0 aromatic carbocycles. The predicted molar refractivity (Wildman–Crippen MR) is 60.5 cm³/mol. The zero-order chi connectivity index (χ0) is 11.1. The van der Waals surface area contributed by atoms with Crippen LogP contribution in [0.25, 0.3) is 0 Å². The number of nitrogens with zero attached hydrogens (tertiary/aromatic N) is 4. The molecular formula is C10H21N5. The first kappa shape index (κ1) is 12.1. The van der Waals surface area contributed by atoms with Gasteiger partial charge in [-0.2, -0.15) is 5.10 Å². The van der Waals surface area contributed by atoms with E-state index < -0.39 is 0 Å². The Bertz CT molecular complexity index is 269. The molecule has 0 atom stereocenters. The first-order chi connectivity index (χ1) is 7.20. The predicted octanol–water partition coefficient (Wildman–Crippen LogP) is 0.246. The van der Waals surface area contributed by atoms with E-state index in [4.69, 9.17) is 0 Å². The fraction of sp³-hybridized carbons (Fsp3) is 0.800. The molecule has 0 saturated carbocycles. The lowest BCUT2D eigenvalue weighted by Crippen LogP contribution is -2.19. The van der Waals surface area contributed by atoms with Gasteiger partial charge in [0.25, 0.3) is 0 Å². The Morgan fingerprint density at radius 2 is 2.20 bits per heavy atom. The minimum Gasteiger partial charge on any atom is -0.310 e. The van der Waals surface area contributed by atoms with Crippen molar-refractivity contribution in [2.45, 2.75) is 19.4 Å². The van der Waals surface area contributed by atoms with Gasteiger partial charge in [0.2, 0.25) is 0 Å². The molecule has 0 saturated heterocycles. The number of unbranched alkanes of at least 4 members (excludes halogenated alkanes) is 1. The van der Waals surface area contributed by atoms with Gasteiger partial charge in [-0.15, -0.1) is 0 Å². The van der Waals surface area contributed by atoms with Crippen LogP contribution in [0.4, 0.5) is 0 Å². The topological polar surface area (TPSA) is 46.0 Å². The molecule has 1 aromatic heterocycles. The zero-order valence-electron chi connectivity index (χ0n) is 9.90. The molecule has 1 rings (SSSR count). The highest BCUT2D eigenvalue weighted by molar-refractivity contribution is 4.81. The summed E-state index contributed by atoms with van der Waals surface area (Å²) in [6.07, 6.45) is 4.03. The summed E-state index contributed by atoms with van der Waals surface area (Å²) >= 11 is 0. The Morgan fingerprint density at radius 3 is 2.80 bits per heavy atom. The summed E-state index contributed by atoms with van der Waals surface area (Å²) in [7, 11) is 6.12. The number of rotatable bonds is 7. The van der Waals surface area contributed by atoms with Crippen LogP contribution in [0, 0.1) is 0 Å². The number of aromatic nitrogens is 3. The van der Waals surface area contributed by atoms with Crippen LogP contribution in [0.3, 0.4) is 0 Å². The first-order valence-electron chi connectivity index (χ1n) is 5.38. The molecular weight excluding hydrogens is 190 g/mol. The van der Waals surface area contributed by atoms with Gasteiger partial charge in [0.05, 0.1) is 6.54 Å². The second kappa shape index (κ2) is 6.53. The van der Waals surface area contributed by atoms with Gasteiger partial charge in [0, 0.05) is 7.05 Å². The van der Waals surface area contributed by atoms with Crippen LogP contribution in [0.5, 0.6) is 0 Å². The van der Waals surface area contributed by atoms with Crippen LogP contribution >= 0.6 is 0 Å². The maximum absolute atomic E-state index is 4.14. The van der Waals surface area contributed by atoms with Crippen LogP contribution < -0.4 is 5.32 Å². The molecule has 0 spiro atoms. The van der Waals surface area contributed by atoms with Crippen molar-refractivity contribution in [1.82, 2.24) is 25.0 Å². The number of hydrogen-bond donors (Lipinski definition) is 1. The average molecular weight is 211 g/mol. The van der Waals surface area contributed by atoms with Crippen molar-refractivity contribution in [3.63, 3.8) is 0 Å². The van der Waals surface area contributed by atoms with Crippen LogP contribution in [-0.2, 0) is 13.6 Å². The van der Waals surface area contributed by atoms with E-state index in [0.29, 0.717) is 0 Å². The van der Waals surface area contributed by atoms with Crippen LogP contribution in [-0.4, -0.2) is 46.8 Å². The molecule has 0 fully saturated rings. The third-order valence-electron chi connectivity index (χ3n) is 2.30. The quantitative estimate of drug-likeness (QED) is 0.657. The van der Waals surface area contributed by atoms with Gasteiger partial charge in [0.15, 0.2) is 0 Å². The van der Waals surface area contributed by atoms with Crippen molar-refractivity contribution >= 4 is 0 Å². The molecule has 86 valence electrons. The summed E-state index contributed by atoms with van der Waals surface area (Å²) in [5, 5.41) is 7.37. The van der Waals surface area contributed by atoms with Gasteiger partial charge in [-0.1, -0.05) is 0 Å². The summed E-state index contributed by atoms with van der Waals surface area (Å²) in [6, 6.07) is 0. The summed E-state index contributed by atoms with van der Waals surface area (Å²) < 4.78 is 1.80. The number of aryl methyl sites for hydroxylation is 1. The molecule has 5 heteroatoms. The zero-order valence-corrected chi connectivity index (χ0v) is 9.90. The van der Waals surface area contributed by atoms with Gasteiger partial charge in [-0.3, -0.25) is 4.68 Å². The SMILES string of the molecule is CN(C)CCCCNCc1ncnn1C. The fourth-order valence-electron chi connectivity index (χ4n) is 1.36. The summed E-state index contributed by atoms with van der Waals surface area (Å²) in [5.41, 5.74) is 0. The standard InChI is InChI=1S/C10H21N5/c1-14(2)7-5-4-6-11-8-10-12-9-13-15(10)3/h9,11H,4-8H2,1-3H3. The molecule has 0 aliphatic rings. The van der Waals surface area contributed by atoms with E-state index in [0.717, 1.165) is 25.5 Å². The average Bonchev–Trinajstić information content (AvgIpc) is 2.57. The monoisotopic (exact) mass is 211 g/mol. The van der Waals surface area contributed by atoms with E-state index in [2.05, 4.69) is 34.4 Å². The third kappa shape index (κ3) is 4.90. The Balaban J connectivity index is 2.00. The lowest BCUT2D eigenvalue weighted by molar-refractivity contribution is 0.391. The fourth-order valence-corrected chi connectivity index (χ4v) is 1.36. The lowest BCUT2D eigenvalue weighted by atomic mass is 10.3. The molecule has 5 nitrogen and oxygen atoms in total. The van der Waals surface area contributed by atoms with Crippen molar-refractivity contribution < 1.29 is 0 Å². The number of nitrogens with one attached hydrogen (secondary N) is 1. The molecule has 15 heavy (non-hydrogen) atoms. The van der Waals surface area contributed by atoms with Gasteiger partial charge < -0.3 is 10.2 Å². The largest absolute Gasteiger partial charge is 0.310 e. The summed E-state index contributed by atoms with van der Waals surface area (Å²) in [4.78, 5) is 6.35. The number of hydrogen-bond acceptors (Lipinski definition) is 4. The van der Waals surface area contributed by atoms with Crippen LogP contribution in [0.1, 0.15) is 18.7 Å². The highest BCUT2D eigenvalue weighted by atomic mass is 15.3. The first-order valence-corrected chi connectivity index (χ1v) is 5.38. The van der Waals surface area contributed by atoms with E-state index in [9.17, 15) is 0 Å². The van der Waals surface area contributed by atoms with Gasteiger partial charge in [-0.25, -0.2) is 4.98 Å². The summed E-state index contributed by atoms with van der Waals surface area (Å²) in [5.74, 6) is 0.989. The molecule has 0 bridgehead atoms. The molecule has 1 heterocycles. The second-order valence-corrected chi connectivity index (χ2v) is 3.99. The minimum absolute atomic E-state index is 0.804. The van der Waals surface area contributed by atoms with Crippen LogP contribution in [0.15, 0.2) is 6.33 Å². The normalized spacial score (nSPS) is 11.2. The van der Waals surface area contributed by atoms with E-state index in [1.165, 1.54) is 12.8 Å². The second-order valence-electron chi connectivity index (χ2n) is 3.99. The molecule has 1 N–H and O–H groups in total. The third-order valence-corrected chi connectivity index (χ3v) is 2.30. The maximum atomic E-state index is 4.14.